The largest absolute Gasteiger partial charge is 0.497 e. The first-order valence-electron chi connectivity index (χ1n) is 17.7. The van der Waals surface area contributed by atoms with E-state index in [1.165, 1.54) is 0 Å². The molecule has 0 bridgehead atoms. The second-order valence-corrected chi connectivity index (χ2v) is 13.0. The summed E-state index contributed by atoms with van der Waals surface area (Å²) in [7, 11) is 3.53. The van der Waals surface area contributed by atoms with Crippen LogP contribution in [0.25, 0.3) is 16.5 Å². The first kappa shape index (κ1) is 36.6. The first-order chi connectivity index (χ1) is 25.8. The summed E-state index contributed by atoms with van der Waals surface area (Å²) in [6.07, 6.45) is 4.55. The highest BCUT2D eigenvalue weighted by atomic mass is 16.5. The van der Waals surface area contributed by atoms with E-state index in [2.05, 4.69) is 27.9 Å². The van der Waals surface area contributed by atoms with E-state index in [0.29, 0.717) is 29.6 Å². The van der Waals surface area contributed by atoms with E-state index in [0.717, 1.165) is 63.9 Å². The summed E-state index contributed by atoms with van der Waals surface area (Å²) in [5, 5.41) is 15.4. The standard InChI is InChI=1S/C42H45N7O4/c1-5-6-9-32-25-40(49(47-32)33-16-12-29(2)13-17-33)46-42(51)44-37-20-21-38(36-11-8-7-10-35(36)37)53-28-31-22-23-43-39(24-31)45-41(50)27-48(3)26-30-14-18-34(52-4)19-15-30/h7-8,10-25H,5-6,9,26-28H2,1-4H3,(H,43,45,50)(H2,44,46,51). The minimum atomic E-state index is -0.377. The van der Waals surface area contributed by atoms with E-state index in [1.54, 1.807) is 24.1 Å². The molecule has 11 heteroatoms. The number of fused-ring (bicyclic) bond motifs is 1. The van der Waals surface area contributed by atoms with Crippen LogP contribution in [0.2, 0.25) is 0 Å². The zero-order valence-corrected chi connectivity index (χ0v) is 30.6. The normalized spacial score (nSPS) is 11.0. The summed E-state index contributed by atoms with van der Waals surface area (Å²) >= 11 is 0. The fourth-order valence-corrected chi connectivity index (χ4v) is 5.98. The SMILES string of the molecule is CCCCc1cc(NC(=O)Nc2ccc(OCc3ccnc(NC(=O)CN(C)Cc4ccc(OC)cc4)c3)c3ccccc23)n(-c2ccc(C)cc2)n1. The van der Waals surface area contributed by atoms with Crippen molar-refractivity contribution in [2.75, 3.05) is 36.7 Å². The number of amides is 3. The molecular formula is C42H45N7O4. The third-order valence-electron chi connectivity index (χ3n) is 8.71. The molecule has 0 atom stereocenters. The van der Waals surface area contributed by atoms with E-state index >= 15 is 0 Å². The summed E-state index contributed by atoms with van der Waals surface area (Å²) in [5.74, 6) is 2.33. The Morgan fingerprint density at radius 3 is 2.38 bits per heavy atom. The summed E-state index contributed by atoms with van der Waals surface area (Å²) < 4.78 is 13.3. The Morgan fingerprint density at radius 2 is 1.62 bits per heavy atom. The number of aryl methyl sites for hydroxylation is 2. The first-order valence-corrected chi connectivity index (χ1v) is 17.7. The minimum absolute atomic E-state index is 0.166. The Labute approximate surface area is 310 Å². The molecule has 0 saturated carbocycles. The van der Waals surface area contributed by atoms with Crippen LogP contribution in [0.3, 0.4) is 0 Å². The molecule has 2 aromatic heterocycles. The highest BCUT2D eigenvalue weighted by Gasteiger charge is 2.15. The van der Waals surface area contributed by atoms with Crippen molar-refractivity contribution >= 4 is 40.0 Å². The van der Waals surface area contributed by atoms with Crippen LogP contribution in [0.4, 0.5) is 22.1 Å². The molecule has 2 heterocycles. The Balaban J connectivity index is 1.09. The summed E-state index contributed by atoms with van der Waals surface area (Å²) in [5.41, 5.74) is 5.51. The van der Waals surface area contributed by atoms with Crippen molar-refractivity contribution in [3.63, 3.8) is 0 Å². The van der Waals surface area contributed by atoms with Gasteiger partial charge in [-0.05, 0) is 86.5 Å². The monoisotopic (exact) mass is 711 g/mol. The predicted molar refractivity (Wildman–Crippen MR) is 210 cm³/mol. The lowest BCUT2D eigenvalue weighted by molar-refractivity contribution is -0.117. The van der Waals surface area contributed by atoms with Crippen LogP contribution >= 0.6 is 0 Å². The van der Waals surface area contributed by atoms with Crippen LogP contribution in [-0.4, -0.2) is 52.3 Å². The van der Waals surface area contributed by atoms with Gasteiger partial charge in [0, 0.05) is 29.6 Å². The van der Waals surface area contributed by atoms with Crippen molar-refractivity contribution in [2.24, 2.45) is 0 Å². The van der Waals surface area contributed by atoms with Crippen LogP contribution in [0.1, 0.15) is 42.1 Å². The second-order valence-electron chi connectivity index (χ2n) is 13.0. The minimum Gasteiger partial charge on any atom is -0.497 e. The predicted octanol–water partition coefficient (Wildman–Crippen LogP) is 8.37. The number of nitrogens with zero attached hydrogens (tertiary/aromatic N) is 4. The second kappa shape index (κ2) is 17.3. The number of ether oxygens (including phenoxy) is 2. The van der Waals surface area contributed by atoms with Crippen molar-refractivity contribution in [1.29, 1.82) is 0 Å². The number of methoxy groups -OCH3 is 1. The number of rotatable bonds is 15. The number of benzene rings is 4. The molecule has 3 N–H and O–H groups in total. The van der Waals surface area contributed by atoms with Crippen LogP contribution in [0, 0.1) is 6.92 Å². The summed E-state index contributed by atoms with van der Waals surface area (Å²) in [4.78, 5) is 32.5. The number of carbonyl (C=O) groups excluding carboxylic acids is 2. The Hall–Kier alpha value is -6.20. The van der Waals surface area contributed by atoms with Crippen molar-refractivity contribution in [3.8, 4) is 17.2 Å². The number of aromatic nitrogens is 3. The van der Waals surface area contributed by atoms with Crippen molar-refractivity contribution in [1.82, 2.24) is 19.7 Å². The van der Waals surface area contributed by atoms with E-state index < -0.39 is 0 Å². The number of urea groups is 1. The van der Waals surface area contributed by atoms with Gasteiger partial charge in [0.2, 0.25) is 5.91 Å². The average Bonchev–Trinajstić information content (AvgIpc) is 3.56. The molecule has 0 aliphatic heterocycles. The summed E-state index contributed by atoms with van der Waals surface area (Å²) in [6, 6.07) is 32.5. The lowest BCUT2D eigenvalue weighted by Crippen LogP contribution is -2.30. The van der Waals surface area contributed by atoms with E-state index in [4.69, 9.17) is 14.6 Å². The Bertz CT molecular complexity index is 2160. The number of carbonyl (C=O) groups is 2. The Kier molecular flexibility index (Phi) is 12.0. The molecule has 4 aromatic carbocycles. The van der Waals surface area contributed by atoms with Crippen molar-refractivity contribution in [3.05, 3.63) is 132 Å². The maximum absolute atomic E-state index is 13.4. The number of likely N-dealkylation sites (N-methyl/N-ethyl adjacent to an activating group) is 1. The van der Waals surface area contributed by atoms with Gasteiger partial charge in [0.05, 0.1) is 30.7 Å². The lowest BCUT2D eigenvalue weighted by Gasteiger charge is -2.17. The molecular weight excluding hydrogens is 667 g/mol. The summed E-state index contributed by atoms with van der Waals surface area (Å²) in [6.45, 7) is 5.26. The molecule has 0 radical (unpaired) electrons. The van der Waals surface area contributed by atoms with Gasteiger partial charge in [-0.15, -0.1) is 0 Å². The molecule has 6 aromatic rings. The van der Waals surface area contributed by atoms with Gasteiger partial charge in [-0.25, -0.2) is 14.5 Å². The van der Waals surface area contributed by atoms with Gasteiger partial charge in [-0.2, -0.15) is 5.10 Å². The van der Waals surface area contributed by atoms with Gasteiger partial charge in [0.1, 0.15) is 29.7 Å². The van der Waals surface area contributed by atoms with Crippen molar-refractivity contribution in [2.45, 2.75) is 46.3 Å². The van der Waals surface area contributed by atoms with Crippen LogP contribution in [-0.2, 0) is 24.4 Å². The number of hydrogen-bond acceptors (Lipinski definition) is 7. The smallest absolute Gasteiger partial charge is 0.324 e. The topological polar surface area (TPSA) is 123 Å². The molecule has 0 saturated heterocycles. The molecule has 3 amide bonds. The number of unbranched alkanes of at least 4 members (excludes halogenated alkanes) is 1. The highest BCUT2D eigenvalue weighted by Crippen LogP contribution is 2.32. The number of hydrogen-bond donors (Lipinski definition) is 3. The molecule has 53 heavy (non-hydrogen) atoms. The molecule has 0 spiro atoms. The van der Waals surface area contributed by atoms with Crippen LogP contribution < -0.4 is 25.4 Å². The molecule has 0 unspecified atom stereocenters. The van der Waals surface area contributed by atoms with Gasteiger partial charge >= 0.3 is 6.03 Å². The van der Waals surface area contributed by atoms with Gasteiger partial charge in [0.15, 0.2) is 0 Å². The third kappa shape index (κ3) is 9.78. The number of nitrogens with one attached hydrogen (secondary N) is 3. The number of anilines is 3. The maximum Gasteiger partial charge on any atom is 0.324 e. The van der Waals surface area contributed by atoms with Gasteiger partial charge in [0.25, 0.3) is 0 Å². The van der Waals surface area contributed by atoms with Gasteiger partial charge < -0.3 is 20.1 Å². The van der Waals surface area contributed by atoms with E-state index in [1.807, 2.05) is 116 Å². The molecule has 0 aliphatic rings. The highest BCUT2D eigenvalue weighted by molar-refractivity contribution is 6.07. The van der Waals surface area contributed by atoms with E-state index in [9.17, 15) is 9.59 Å². The van der Waals surface area contributed by atoms with Crippen LogP contribution in [0.15, 0.2) is 109 Å². The fraction of sp³-hybridized carbons (Fsp3) is 0.238. The van der Waals surface area contributed by atoms with Gasteiger partial charge in [-0.1, -0.05) is 67.4 Å². The van der Waals surface area contributed by atoms with Crippen molar-refractivity contribution < 1.29 is 19.1 Å². The van der Waals surface area contributed by atoms with Crippen LogP contribution in [0.5, 0.6) is 11.5 Å². The number of pyridine rings is 1. The zero-order chi connectivity index (χ0) is 37.2. The third-order valence-corrected chi connectivity index (χ3v) is 8.71. The molecule has 0 aliphatic carbocycles. The molecule has 272 valence electrons. The average molecular weight is 712 g/mol. The fourth-order valence-electron chi connectivity index (χ4n) is 5.98. The molecule has 0 fully saturated rings. The molecule has 6 rings (SSSR count). The van der Waals surface area contributed by atoms with E-state index in [-0.39, 0.29) is 25.1 Å². The van der Waals surface area contributed by atoms with Gasteiger partial charge in [-0.3, -0.25) is 15.0 Å². The zero-order valence-electron chi connectivity index (χ0n) is 30.6. The molecule has 11 nitrogen and oxygen atoms in total. The Morgan fingerprint density at radius 1 is 0.849 bits per heavy atom. The quantitative estimate of drug-likeness (QED) is 0.0978. The maximum atomic E-state index is 13.4. The lowest BCUT2D eigenvalue weighted by atomic mass is 10.1.